The van der Waals surface area contributed by atoms with Crippen molar-refractivity contribution in [2.75, 3.05) is 39.9 Å². The van der Waals surface area contributed by atoms with Crippen LogP contribution in [-0.4, -0.2) is 55.6 Å². The molecule has 3 atom stereocenters. The van der Waals surface area contributed by atoms with Crippen LogP contribution in [0.5, 0.6) is 0 Å². The van der Waals surface area contributed by atoms with Crippen molar-refractivity contribution in [2.24, 2.45) is 23.7 Å². The first-order valence-corrected chi connectivity index (χ1v) is 9.75. The second kappa shape index (κ2) is 7.50. The molecule has 1 aromatic heterocycles. The van der Waals surface area contributed by atoms with E-state index in [-0.39, 0.29) is 5.92 Å². The van der Waals surface area contributed by atoms with Gasteiger partial charge in [0.05, 0.1) is 19.1 Å². The van der Waals surface area contributed by atoms with Crippen LogP contribution in [0, 0.1) is 23.7 Å². The molecule has 0 N–H and O–H groups in total. The third kappa shape index (κ3) is 3.93. The van der Waals surface area contributed by atoms with Gasteiger partial charge < -0.3 is 14.1 Å². The quantitative estimate of drug-likeness (QED) is 0.794. The second-order valence-corrected chi connectivity index (χ2v) is 8.16. The zero-order valence-corrected chi connectivity index (χ0v) is 15.2. The smallest absolute Gasteiger partial charge is 0.226 e. The number of ether oxygens (including phenoxy) is 1. The van der Waals surface area contributed by atoms with E-state index < -0.39 is 0 Å². The highest BCUT2D eigenvalue weighted by atomic mass is 16.5. The Bertz CT molecular complexity index is 570. The molecule has 3 fully saturated rings. The molecule has 1 amide bonds. The number of carbonyl (C=O) groups excluding carboxylic acids is 1. The largest absolute Gasteiger partial charge is 0.472 e. The normalized spacial score (nSPS) is 31.0. The summed E-state index contributed by atoms with van der Waals surface area (Å²) in [5.41, 5.74) is 1.22. The van der Waals surface area contributed by atoms with Crippen molar-refractivity contribution in [3.05, 3.63) is 24.2 Å². The minimum atomic E-state index is 0.182. The van der Waals surface area contributed by atoms with Gasteiger partial charge in [-0.15, -0.1) is 0 Å². The summed E-state index contributed by atoms with van der Waals surface area (Å²) < 4.78 is 10.7. The fourth-order valence-corrected chi connectivity index (χ4v) is 4.76. The highest BCUT2D eigenvalue weighted by Gasteiger charge is 2.44. The van der Waals surface area contributed by atoms with Crippen molar-refractivity contribution in [3.63, 3.8) is 0 Å². The third-order valence-electron chi connectivity index (χ3n) is 6.28. The summed E-state index contributed by atoms with van der Waals surface area (Å²) in [6.45, 7) is 5.62. The van der Waals surface area contributed by atoms with Gasteiger partial charge in [-0.2, -0.15) is 0 Å². The van der Waals surface area contributed by atoms with Gasteiger partial charge in [0, 0.05) is 44.1 Å². The summed E-state index contributed by atoms with van der Waals surface area (Å²) in [5, 5.41) is 0. The summed E-state index contributed by atoms with van der Waals surface area (Å²) >= 11 is 0. The van der Waals surface area contributed by atoms with Gasteiger partial charge in [0.2, 0.25) is 5.91 Å². The molecule has 25 heavy (non-hydrogen) atoms. The average Bonchev–Trinajstić information content (AvgIpc) is 3.32. The van der Waals surface area contributed by atoms with Crippen LogP contribution in [0.1, 0.15) is 31.2 Å². The molecule has 2 saturated heterocycles. The molecule has 0 unspecified atom stereocenters. The Morgan fingerprint density at radius 3 is 2.80 bits per heavy atom. The zero-order valence-electron chi connectivity index (χ0n) is 15.2. The second-order valence-electron chi connectivity index (χ2n) is 8.16. The predicted octanol–water partition coefficient (Wildman–Crippen LogP) is 2.62. The minimum Gasteiger partial charge on any atom is -0.472 e. The lowest BCUT2D eigenvalue weighted by atomic mass is 9.74. The Kier molecular flexibility index (Phi) is 5.13. The number of methoxy groups -OCH3 is 1. The number of hydrogen-bond donors (Lipinski definition) is 0. The zero-order chi connectivity index (χ0) is 17.2. The Morgan fingerprint density at radius 1 is 1.24 bits per heavy atom. The minimum absolute atomic E-state index is 0.182. The van der Waals surface area contributed by atoms with Crippen LogP contribution in [0.15, 0.2) is 23.0 Å². The highest BCUT2D eigenvalue weighted by molar-refractivity contribution is 5.80. The van der Waals surface area contributed by atoms with Crippen molar-refractivity contribution in [3.8, 4) is 0 Å². The van der Waals surface area contributed by atoms with E-state index >= 15 is 0 Å². The van der Waals surface area contributed by atoms with E-state index in [1.807, 2.05) is 12.3 Å². The maximum absolute atomic E-state index is 13.1. The molecule has 1 aromatic rings. The molecule has 138 valence electrons. The van der Waals surface area contributed by atoms with E-state index in [9.17, 15) is 4.79 Å². The van der Waals surface area contributed by atoms with E-state index in [0.717, 1.165) is 58.1 Å². The summed E-state index contributed by atoms with van der Waals surface area (Å²) in [4.78, 5) is 17.7. The molecule has 2 aliphatic heterocycles. The molecule has 0 aromatic carbocycles. The van der Waals surface area contributed by atoms with Crippen LogP contribution < -0.4 is 0 Å². The van der Waals surface area contributed by atoms with Gasteiger partial charge in [0.15, 0.2) is 0 Å². The van der Waals surface area contributed by atoms with E-state index in [4.69, 9.17) is 9.15 Å². The number of piperidine rings is 1. The number of carbonyl (C=O) groups is 1. The van der Waals surface area contributed by atoms with E-state index in [1.165, 1.54) is 18.4 Å². The Balaban J connectivity index is 1.45. The molecular formula is C20H30N2O3. The summed E-state index contributed by atoms with van der Waals surface area (Å²) in [6, 6.07) is 2.04. The van der Waals surface area contributed by atoms with Crippen molar-refractivity contribution in [2.45, 2.75) is 32.2 Å². The van der Waals surface area contributed by atoms with E-state index in [1.54, 1.807) is 13.4 Å². The van der Waals surface area contributed by atoms with Crippen LogP contribution >= 0.6 is 0 Å². The molecule has 3 aliphatic rings. The monoisotopic (exact) mass is 346 g/mol. The summed E-state index contributed by atoms with van der Waals surface area (Å²) in [5.74, 6) is 2.31. The van der Waals surface area contributed by atoms with Crippen LogP contribution in [0.25, 0.3) is 0 Å². The van der Waals surface area contributed by atoms with Crippen LogP contribution in [-0.2, 0) is 16.1 Å². The molecular weight excluding hydrogens is 316 g/mol. The molecule has 0 bridgehead atoms. The SMILES string of the molecule is COC[C@@H]1CN(CC2CC2)C(=O)[C@H]2CCN(Cc3ccoc3)CC[C@@H]12. The Morgan fingerprint density at radius 2 is 2.08 bits per heavy atom. The fourth-order valence-electron chi connectivity index (χ4n) is 4.76. The maximum atomic E-state index is 13.1. The maximum Gasteiger partial charge on any atom is 0.226 e. The number of furan rings is 1. The molecule has 0 spiro atoms. The van der Waals surface area contributed by atoms with Crippen LogP contribution in [0.4, 0.5) is 0 Å². The van der Waals surface area contributed by atoms with Crippen molar-refractivity contribution in [1.29, 1.82) is 0 Å². The Hall–Kier alpha value is -1.33. The van der Waals surface area contributed by atoms with Gasteiger partial charge >= 0.3 is 0 Å². The molecule has 0 radical (unpaired) electrons. The first-order chi connectivity index (χ1) is 12.2. The van der Waals surface area contributed by atoms with E-state index in [2.05, 4.69) is 9.80 Å². The molecule has 1 aliphatic carbocycles. The lowest BCUT2D eigenvalue weighted by Gasteiger charge is -2.42. The number of hydrogen-bond acceptors (Lipinski definition) is 4. The molecule has 4 rings (SSSR count). The lowest BCUT2D eigenvalue weighted by molar-refractivity contribution is -0.146. The number of nitrogens with zero attached hydrogens (tertiary/aromatic N) is 2. The van der Waals surface area contributed by atoms with Gasteiger partial charge in [0.25, 0.3) is 0 Å². The number of rotatable bonds is 6. The predicted molar refractivity (Wildman–Crippen MR) is 94.9 cm³/mol. The van der Waals surface area contributed by atoms with E-state index in [0.29, 0.717) is 17.7 Å². The van der Waals surface area contributed by atoms with Crippen LogP contribution in [0.3, 0.4) is 0 Å². The van der Waals surface area contributed by atoms with Gasteiger partial charge in [-0.1, -0.05) is 0 Å². The number of likely N-dealkylation sites (tertiary alicyclic amines) is 2. The summed E-state index contributed by atoms with van der Waals surface area (Å²) in [6.07, 6.45) is 8.23. The Labute approximate surface area is 150 Å². The van der Waals surface area contributed by atoms with Crippen molar-refractivity contribution < 1.29 is 13.9 Å². The standard InChI is InChI=1S/C20H30N2O3/c1-24-14-17-12-22(11-15-2-3-15)20(23)19-5-8-21(7-4-18(17)19)10-16-6-9-25-13-16/h6,9,13,15,17-19H,2-5,7-8,10-12,14H2,1H3/t17-,18-,19-/m0/s1. The first kappa shape index (κ1) is 17.1. The van der Waals surface area contributed by atoms with Gasteiger partial charge in [-0.05, 0) is 56.7 Å². The topological polar surface area (TPSA) is 45.9 Å². The number of amides is 1. The molecule has 3 heterocycles. The summed E-state index contributed by atoms with van der Waals surface area (Å²) in [7, 11) is 1.79. The lowest BCUT2D eigenvalue weighted by Crippen LogP contribution is -2.52. The first-order valence-electron chi connectivity index (χ1n) is 9.75. The van der Waals surface area contributed by atoms with Gasteiger partial charge in [-0.3, -0.25) is 9.69 Å². The van der Waals surface area contributed by atoms with Crippen LogP contribution in [0.2, 0.25) is 0 Å². The van der Waals surface area contributed by atoms with Gasteiger partial charge in [-0.25, -0.2) is 0 Å². The van der Waals surface area contributed by atoms with Gasteiger partial charge in [0.1, 0.15) is 0 Å². The highest BCUT2D eigenvalue weighted by Crippen LogP contribution is 2.39. The average molecular weight is 346 g/mol. The van der Waals surface area contributed by atoms with Crippen molar-refractivity contribution >= 4 is 5.91 Å². The van der Waals surface area contributed by atoms with Crippen molar-refractivity contribution in [1.82, 2.24) is 9.80 Å². The number of fused-ring (bicyclic) bond motifs is 1. The molecule has 1 saturated carbocycles. The third-order valence-corrected chi connectivity index (χ3v) is 6.28. The molecule has 5 heteroatoms. The fraction of sp³-hybridized carbons (Fsp3) is 0.750. The molecule has 5 nitrogen and oxygen atoms in total.